The zero-order valence-electron chi connectivity index (χ0n) is 12.3. The van der Waals surface area contributed by atoms with Gasteiger partial charge >= 0.3 is 18.0 Å². The summed E-state index contributed by atoms with van der Waals surface area (Å²) in [4.78, 5) is 33.0. The minimum Gasteiger partial charge on any atom is -0.481 e. The maximum Gasteiger partial charge on any atom is 0.410 e. The predicted molar refractivity (Wildman–Crippen MR) is 71.0 cm³/mol. The fraction of sp³-hybridized carbons (Fsp3) is 0.769. The zero-order chi connectivity index (χ0) is 15.7. The molecular formula is C13H23NO6. The van der Waals surface area contributed by atoms with Gasteiger partial charge in [0.05, 0.1) is 6.42 Å². The Bertz CT molecular complexity index is 344. The summed E-state index contributed by atoms with van der Waals surface area (Å²) in [6.07, 6.45) is -0.562. The first-order valence-electron chi connectivity index (χ1n) is 6.60. The molecule has 7 nitrogen and oxygen atoms in total. The Balaban J connectivity index is 4.36. The Morgan fingerprint density at radius 2 is 1.80 bits per heavy atom. The maximum atomic E-state index is 11.6. The van der Waals surface area contributed by atoms with Crippen LogP contribution in [0.15, 0.2) is 0 Å². The van der Waals surface area contributed by atoms with E-state index in [0.717, 1.165) is 6.42 Å². The van der Waals surface area contributed by atoms with Gasteiger partial charge in [-0.05, 0) is 12.3 Å². The number of carbonyl (C=O) groups is 3. The van der Waals surface area contributed by atoms with Crippen LogP contribution in [0.4, 0.5) is 4.79 Å². The lowest BCUT2D eigenvalue weighted by Crippen LogP contribution is -2.39. The first-order chi connectivity index (χ1) is 9.24. The molecule has 0 aromatic heterocycles. The smallest absolute Gasteiger partial charge is 0.410 e. The minimum atomic E-state index is -1.01. The average Bonchev–Trinajstić information content (AvgIpc) is 2.25. The number of carbonyl (C=O) groups excluding carboxylic acids is 2. The third-order valence-corrected chi connectivity index (χ3v) is 2.73. The van der Waals surface area contributed by atoms with E-state index in [-0.39, 0.29) is 12.3 Å². The van der Waals surface area contributed by atoms with Gasteiger partial charge in [-0.1, -0.05) is 20.3 Å². The van der Waals surface area contributed by atoms with Gasteiger partial charge in [-0.3, -0.25) is 9.59 Å². The summed E-state index contributed by atoms with van der Waals surface area (Å²) in [6, 6.07) is -0.514. The van der Waals surface area contributed by atoms with Crippen LogP contribution in [0, 0.1) is 5.92 Å². The summed E-state index contributed by atoms with van der Waals surface area (Å²) in [5.74, 6) is -1.27. The molecule has 2 N–H and O–H groups in total. The van der Waals surface area contributed by atoms with E-state index in [1.54, 1.807) is 0 Å². The summed E-state index contributed by atoms with van der Waals surface area (Å²) in [7, 11) is 0. The number of hydrogen-bond donors (Lipinski definition) is 2. The van der Waals surface area contributed by atoms with E-state index >= 15 is 0 Å². The summed E-state index contributed by atoms with van der Waals surface area (Å²) in [5, 5.41) is 11.3. The first-order valence-corrected chi connectivity index (χ1v) is 6.60. The number of aliphatic carboxylic acids is 1. The molecule has 0 aliphatic rings. The molecule has 20 heavy (non-hydrogen) atoms. The second kappa shape index (κ2) is 9.17. The van der Waals surface area contributed by atoms with Crippen LogP contribution in [0.5, 0.6) is 0 Å². The molecule has 0 bridgehead atoms. The normalized spacial score (nSPS) is 14.8. The van der Waals surface area contributed by atoms with Crippen molar-refractivity contribution in [3.8, 4) is 0 Å². The van der Waals surface area contributed by atoms with Crippen LogP contribution in [-0.4, -0.2) is 35.5 Å². The highest BCUT2D eigenvalue weighted by Gasteiger charge is 2.20. The molecule has 0 radical (unpaired) electrons. The van der Waals surface area contributed by atoms with Gasteiger partial charge in [-0.15, -0.1) is 0 Å². The van der Waals surface area contributed by atoms with E-state index in [4.69, 9.17) is 9.84 Å². The highest BCUT2D eigenvalue weighted by Crippen LogP contribution is 2.12. The molecule has 0 aliphatic heterocycles. The first kappa shape index (κ1) is 18.2. The molecule has 116 valence electrons. The van der Waals surface area contributed by atoms with E-state index in [1.165, 1.54) is 13.8 Å². The van der Waals surface area contributed by atoms with Crippen molar-refractivity contribution in [1.29, 1.82) is 0 Å². The van der Waals surface area contributed by atoms with Crippen molar-refractivity contribution < 1.29 is 29.0 Å². The van der Waals surface area contributed by atoms with Crippen molar-refractivity contribution in [3.63, 3.8) is 0 Å². The molecule has 3 atom stereocenters. The molecule has 0 aromatic carbocycles. The number of carboxylic acid groups (broad SMARTS) is 1. The molecule has 0 aromatic rings. The average molecular weight is 289 g/mol. The van der Waals surface area contributed by atoms with E-state index in [1.807, 2.05) is 13.8 Å². The van der Waals surface area contributed by atoms with Gasteiger partial charge < -0.3 is 19.9 Å². The van der Waals surface area contributed by atoms with Crippen molar-refractivity contribution in [2.75, 3.05) is 0 Å². The summed E-state index contributed by atoms with van der Waals surface area (Å²) in [6.45, 7) is 6.57. The second-order valence-corrected chi connectivity index (χ2v) is 4.77. The van der Waals surface area contributed by atoms with Gasteiger partial charge in [0.15, 0.2) is 0 Å². The third-order valence-electron chi connectivity index (χ3n) is 2.73. The van der Waals surface area contributed by atoms with Crippen LogP contribution >= 0.6 is 0 Å². The van der Waals surface area contributed by atoms with Crippen molar-refractivity contribution in [2.45, 2.75) is 59.3 Å². The highest BCUT2D eigenvalue weighted by atomic mass is 16.7. The van der Waals surface area contributed by atoms with Gasteiger partial charge in [0.2, 0.25) is 6.29 Å². The molecule has 0 saturated carbocycles. The minimum absolute atomic E-state index is 0.179. The van der Waals surface area contributed by atoms with E-state index < -0.39 is 30.4 Å². The highest BCUT2D eigenvalue weighted by molar-refractivity contribution is 5.71. The number of amides is 1. The number of nitrogens with one attached hydrogen (secondary N) is 1. The Kier molecular flexibility index (Phi) is 8.35. The van der Waals surface area contributed by atoms with Gasteiger partial charge in [0.25, 0.3) is 0 Å². The lowest BCUT2D eigenvalue weighted by atomic mass is 9.97. The van der Waals surface area contributed by atoms with Crippen LogP contribution < -0.4 is 5.32 Å². The van der Waals surface area contributed by atoms with Crippen LogP contribution in [0.3, 0.4) is 0 Å². The second-order valence-electron chi connectivity index (χ2n) is 4.77. The van der Waals surface area contributed by atoms with Crippen molar-refractivity contribution in [2.24, 2.45) is 5.92 Å². The monoisotopic (exact) mass is 289 g/mol. The molecule has 0 aliphatic carbocycles. The topological polar surface area (TPSA) is 102 Å². The summed E-state index contributed by atoms with van der Waals surface area (Å²) < 4.78 is 9.45. The summed E-state index contributed by atoms with van der Waals surface area (Å²) >= 11 is 0. The van der Waals surface area contributed by atoms with E-state index in [9.17, 15) is 14.4 Å². The number of esters is 1. The lowest BCUT2D eigenvalue weighted by Gasteiger charge is -2.21. The Morgan fingerprint density at radius 3 is 2.25 bits per heavy atom. The molecule has 0 saturated heterocycles. The van der Waals surface area contributed by atoms with Crippen molar-refractivity contribution in [3.05, 3.63) is 0 Å². The number of ether oxygens (including phenoxy) is 2. The molecule has 0 fully saturated rings. The fourth-order valence-electron chi connectivity index (χ4n) is 1.67. The van der Waals surface area contributed by atoms with Gasteiger partial charge in [0.1, 0.15) is 0 Å². The van der Waals surface area contributed by atoms with Gasteiger partial charge in [0, 0.05) is 19.9 Å². The molecule has 0 spiro atoms. The molecule has 1 amide bonds. The van der Waals surface area contributed by atoms with Crippen LogP contribution in [-0.2, 0) is 19.1 Å². The molecule has 0 heterocycles. The summed E-state index contributed by atoms with van der Waals surface area (Å²) in [5.41, 5.74) is 0. The number of rotatable bonds is 8. The van der Waals surface area contributed by atoms with Crippen molar-refractivity contribution >= 4 is 18.0 Å². The van der Waals surface area contributed by atoms with Gasteiger partial charge in [-0.25, -0.2) is 4.79 Å². The Morgan fingerprint density at radius 1 is 1.20 bits per heavy atom. The molecule has 0 unspecified atom stereocenters. The largest absolute Gasteiger partial charge is 0.481 e. The SMILES string of the molecule is CC[C@@H](C)C[C@@H](CC(=O)O)NC(=O)O[C@@H](C)OC(C)=O. The fourth-order valence-corrected chi connectivity index (χ4v) is 1.67. The van der Waals surface area contributed by atoms with Crippen LogP contribution in [0.1, 0.15) is 47.0 Å². The van der Waals surface area contributed by atoms with E-state index in [0.29, 0.717) is 6.42 Å². The quantitative estimate of drug-likeness (QED) is 0.522. The van der Waals surface area contributed by atoms with Gasteiger partial charge in [-0.2, -0.15) is 0 Å². The Labute approximate surface area is 118 Å². The van der Waals surface area contributed by atoms with Crippen molar-refractivity contribution in [1.82, 2.24) is 5.32 Å². The number of hydrogen-bond acceptors (Lipinski definition) is 5. The number of carboxylic acids is 1. The standard InChI is InChI=1S/C13H23NO6/c1-5-8(2)6-11(7-12(16)17)14-13(18)20-10(4)19-9(3)15/h8,10-11H,5-7H2,1-4H3,(H,14,18)(H,16,17)/t8-,10+,11+/m1/s1. The van der Waals surface area contributed by atoms with E-state index in [2.05, 4.69) is 10.1 Å². The predicted octanol–water partition coefficient (Wildman–Crippen LogP) is 1.90. The number of alkyl carbamates (subject to hydrolysis) is 1. The Hall–Kier alpha value is -1.79. The molecule has 0 rings (SSSR count). The van der Waals surface area contributed by atoms with Crippen LogP contribution in [0.25, 0.3) is 0 Å². The zero-order valence-corrected chi connectivity index (χ0v) is 12.3. The third kappa shape index (κ3) is 9.18. The van der Waals surface area contributed by atoms with Crippen LogP contribution in [0.2, 0.25) is 0 Å². The molecular weight excluding hydrogens is 266 g/mol. The lowest BCUT2D eigenvalue weighted by molar-refractivity contribution is -0.162. The molecule has 7 heteroatoms. The maximum absolute atomic E-state index is 11.6.